The minimum atomic E-state index is -0.919. The van der Waals surface area contributed by atoms with E-state index in [1.54, 1.807) is 25.7 Å². The fourth-order valence-electron chi connectivity index (χ4n) is 2.90. The second kappa shape index (κ2) is 9.25. The number of nitrogens with zero attached hydrogens (tertiary/aromatic N) is 3. The van der Waals surface area contributed by atoms with E-state index < -0.39 is 28.2 Å². The van der Waals surface area contributed by atoms with Crippen LogP contribution in [0.1, 0.15) is 27.2 Å². The molecule has 1 fully saturated rings. The molecule has 0 aromatic carbocycles. The lowest BCUT2D eigenvalue weighted by molar-refractivity contribution is 0.0151. The van der Waals surface area contributed by atoms with Crippen LogP contribution in [0.4, 0.5) is 9.18 Å². The number of thioether (sulfide) groups is 1. The number of fused-ring (bicyclic) bond motifs is 1. The highest BCUT2D eigenvalue weighted by Gasteiger charge is 2.30. The van der Waals surface area contributed by atoms with Crippen molar-refractivity contribution in [3.05, 3.63) is 26.6 Å². The van der Waals surface area contributed by atoms with Crippen LogP contribution in [0.3, 0.4) is 0 Å². The number of pyridine rings is 1. The second-order valence-corrected chi connectivity index (χ2v) is 9.39. The average Bonchev–Trinajstić information content (AvgIpc) is 2.87. The molecule has 1 atom stereocenters. The average molecular weight is 479 g/mol. The first-order valence-electron chi connectivity index (χ1n) is 9.21. The molecule has 2 aromatic rings. The Morgan fingerprint density at radius 3 is 2.83 bits per heavy atom. The molecule has 0 saturated carbocycles. The maximum atomic E-state index is 14.3. The Bertz CT molecular complexity index is 1010. The summed E-state index contributed by atoms with van der Waals surface area (Å²) in [6.07, 6.45) is 0.228. The van der Waals surface area contributed by atoms with Gasteiger partial charge in [0.2, 0.25) is 5.28 Å². The predicted molar refractivity (Wildman–Crippen MR) is 113 cm³/mol. The van der Waals surface area contributed by atoms with E-state index in [4.69, 9.17) is 32.7 Å². The van der Waals surface area contributed by atoms with Gasteiger partial charge in [0, 0.05) is 18.9 Å². The highest BCUT2D eigenvalue weighted by Crippen LogP contribution is 2.30. The van der Waals surface area contributed by atoms with Crippen molar-refractivity contribution in [3.63, 3.8) is 0 Å². The van der Waals surface area contributed by atoms with Gasteiger partial charge in [-0.05, 0) is 38.8 Å². The van der Waals surface area contributed by atoms with Crippen LogP contribution < -0.4 is 5.56 Å². The first kappa shape index (κ1) is 23.1. The molecule has 12 heteroatoms. The highest BCUT2D eigenvalue weighted by molar-refractivity contribution is 7.99. The fourth-order valence-corrected chi connectivity index (χ4v) is 4.41. The van der Waals surface area contributed by atoms with Gasteiger partial charge in [0.25, 0.3) is 5.56 Å². The fraction of sp³-hybridized carbons (Fsp3) is 0.556. The summed E-state index contributed by atoms with van der Waals surface area (Å²) in [5.74, 6) is -0.594. The zero-order chi connectivity index (χ0) is 22.1. The zero-order valence-electron chi connectivity index (χ0n) is 16.6. The number of aromatic nitrogens is 3. The van der Waals surface area contributed by atoms with Gasteiger partial charge in [0.15, 0.2) is 11.0 Å². The van der Waals surface area contributed by atoms with E-state index >= 15 is 0 Å². The normalized spacial score (nSPS) is 17.8. The van der Waals surface area contributed by atoms with Crippen molar-refractivity contribution in [3.8, 4) is 0 Å². The minimum Gasteiger partial charge on any atom is -0.444 e. The third-order valence-electron chi connectivity index (χ3n) is 4.17. The van der Waals surface area contributed by atoms with E-state index in [0.717, 1.165) is 11.8 Å². The summed E-state index contributed by atoms with van der Waals surface area (Å²) < 4.78 is 25.5. The van der Waals surface area contributed by atoms with Gasteiger partial charge in [-0.2, -0.15) is 0 Å². The van der Waals surface area contributed by atoms with Gasteiger partial charge >= 0.3 is 6.09 Å². The molecule has 30 heavy (non-hydrogen) atoms. The lowest BCUT2D eigenvalue weighted by Gasteiger charge is -2.31. The largest absolute Gasteiger partial charge is 0.444 e. The Labute approximate surface area is 186 Å². The van der Waals surface area contributed by atoms with E-state index in [1.807, 2.05) is 0 Å². The number of hydrogen-bond donors (Lipinski definition) is 1. The Kier molecular flexibility index (Phi) is 7.11. The van der Waals surface area contributed by atoms with Crippen molar-refractivity contribution < 1.29 is 18.7 Å². The zero-order valence-corrected chi connectivity index (χ0v) is 19.0. The van der Waals surface area contributed by atoms with E-state index in [2.05, 4.69) is 15.0 Å². The van der Waals surface area contributed by atoms with Gasteiger partial charge in [0.1, 0.15) is 21.5 Å². The van der Waals surface area contributed by atoms with Crippen LogP contribution in [-0.4, -0.2) is 63.1 Å². The lowest BCUT2D eigenvalue weighted by Crippen LogP contribution is -2.46. The van der Waals surface area contributed by atoms with Crippen molar-refractivity contribution in [2.45, 2.75) is 43.9 Å². The van der Waals surface area contributed by atoms with Crippen molar-refractivity contribution in [1.82, 2.24) is 19.9 Å². The standard InChI is InChI=1S/C18H21Cl2FN4O4S/c1-18(2,3)29-17(27)25-5-4-6-28-7-9(25)8-30-15-10-12(11(21)13(19)23-15)22-16(20)24-14(10)26/h9H,4-8H2,1-3H3,(H,22,24,26)/t9-/m0/s1. The Morgan fingerprint density at radius 1 is 1.40 bits per heavy atom. The monoisotopic (exact) mass is 478 g/mol. The number of nitrogens with one attached hydrogen (secondary N) is 1. The maximum Gasteiger partial charge on any atom is 0.410 e. The number of carbonyl (C=O) groups excluding carboxylic acids is 1. The van der Waals surface area contributed by atoms with E-state index in [0.29, 0.717) is 31.9 Å². The van der Waals surface area contributed by atoms with Crippen molar-refractivity contribution in [2.75, 3.05) is 25.5 Å². The molecule has 3 heterocycles. The van der Waals surface area contributed by atoms with Crippen LogP contribution in [0.2, 0.25) is 10.4 Å². The quantitative estimate of drug-likeness (QED) is 0.405. The summed E-state index contributed by atoms with van der Waals surface area (Å²) in [7, 11) is 0. The van der Waals surface area contributed by atoms with Crippen LogP contribution in [-0.2, 0) is 9.47 Å². The van der Waals surface area contributed by atoms with Gasteiger partial charge in [-0.15, -0.1) is 11.8 Å². The van der Waals surface area contributed by atoms with Gasteiger partial charge in [0.05, 0.1) is 12.6 Å². The molecule has 0 aliphatic carbocycles. The van der Waals surface area contributed by atoms with Crippen LogP contribution in [0.5, 0.6) is 0 Å². The number of aromatic amines is 1. The molecule has 0 spiro atoms. The van der Waals surface area contributed by atoms with Gasteiger partial charge in [-0.25, -0.2) is 19.2 Å². The Morgan fingerprint density at radius 2 is 2.13 bits per heavy atom. The molecule has 164 valence electrons. The Balaban J connectivity index is 1.89. The van der Waals surface area contributed by atoms with Gasteiger partial charge in [-0.3, -0.25) is 9.78 Å². The molecule has 1 N–H and O–H groups in total. The van der Waals surface area contributed by atoms with Crippen LogP contribution >= 0.6 is 35.0 Å². The summed E-state index contributed by atoms with van der Waals surface area (Å²) in [5.41, 5.74) is -1.52. The first-order valence-corrected chi connectivity index (χ1v) is 11.0. The molecule has 0 bridgehead atoms. The number of carbonyl (C=O) groups is 1. The van der Waals surface area contributed by atoms with Crippen molar-refractivity contribution in [1.29, 1.82) is 0 Å². The van der Waals surface area contributed by atoms with Crippen LogP contribution in [0.25, 0.3) is 10.9 Å². The number of H-pyrrole nitrogens is 1. The number of hydrogen-bond acceptors (Lipinski definition) is 7. The molecule has 1 aliphatic rings. The summed E-state index contributed by atoms with van der Waals surface area (Å²) >= 11 is 12.8. The molecule has 1 saturated heterocycles. The third kappa shape index (κ3) is 5.35. The van der Waals surface area contributed by atoms with Gasteiger partial charge in [-0.1, -0.05) is 11.6 Å². The molecule has 3 rings (SSSR count). The number of rotatable bonds is 3. The number of ether oxygens (including phenoxy) is 2. The molecule has 8 nitrogen and oxygen atoms in total. The number of amides is 1. The van der Waals surface area contributed by atoms with E-state index in [-0.39, 0.29) is 27.3 Å². The minimum absolute atomic E-state index is 0.0512. The topological polar surface area (TPSA) is 97.4 Å². The summed E-state index contributed by atoms with van der Waals surface area (Å²) in [4.78, 5) is 36.8. The van der Waals surface area contributed by atoms with E-state index in [1.165, 1.54) is 0 Å². The summed E-state index contributed by atoms with van der Waals surface area (Å²) in [6.45, 7) is 6.67. The van der Waals surface area contributed by atoms with Crippen molar-refractivity contribution in [2.24, 2.45) is 0 Å². The molecule has 1 amide bonds. The molecular weight excluding hydrogens is 458 g/mol. The second-order valence-electron chi connectivity index (χ2n) is 7.67. The molecule has 2 aromatic heterocycles. The molecular formula is C18H21Cl2FN4O4S. The SMILES string of the molecule is CC(C)(C)OC(=O)N1CCCOC[C@H]1CSc1nc(Cl)c(F)c2nc(Cl)[nH]c(=O)c12. The van der Waals surface area contributed by atoms with Crippen molar-refractivity contribution >= 4 is 52.0 Å². The Hall–Kier alpha value is -1.62. The summed E-state index contributed by atoms with van der Waals surface area (Å²) in [5, 5.41) is -0.530. The molecule has 0 radical (unpaired) electrons. The van der Waals surface area contributed by atoms with Crippen LogP contribution in [0.15, 0.2) is 9.82 Å². The lowest BCUT2D eigenvalue weighted by atomic mass is 10.2. The smallest absolute Gasteiger partial charge is 0.410 e. The third-order valence-corrected chi connectivity index (χ3v) is 5.72. The van der Waals surface area contributed by atoms with E-state index in [9.17, 15) is 14.0 Å². The van der Waals surface area contributed by atoms with Crippen LogP contribution in [0, 0.1) is 5.82 Å². The predicted octanol–water partition coefficient (Wildman–Crippen LogP) is 3.88. The summed E-state index contributed by atoms with van der Waals surface area (Å²) in [6, 6.07) is -0.340. The number of halogens is 3. The highest BCUT2D eigenvalue weighted by atomic mass is 35.5. The van der Waals surface area contributed by atoms with Gasteiger partial charge < -0.3 is 14.4 Å². The molecule has 0 unspecified atom stereocenters. The maximum absolute atomic E-state index is 14.3. The first-order chi connectivity index (χ1) is 14.1. The molecule has 1 aliphatic heterocycles.